The topological polar surface area (TPSA) is 59.2 Å². The molecule has 0 aliphatic rings. The Morgan fingerprint density at radius 2 is 2.00 bits per heavy atom. The van der Waals surface area contributed by atoms with E-state index in [0.29, 0.717) is 29.8 Å². The smallest absolute Gasteiger partial charge is 0.355 e. The van der Waals surface area contributed by atoms with Gasteiger partial charge in [0.15, 0.2) is 5.78 Å². The average molecular weight is 341 g/mol. The van der Waals surface area contributed by atoms with Crippen molar-refractivity contribution in [2.75, 3.05) is 6.61 Å². The van der Waals surface area contributed by atoms with Crippen LogP contribution in [-0.4, -0.2) is 23.3 Å². The maximum absolute atomic E-state index is 12.1. The number of rotatable bonds is 5. The first kappa shape index (κ1) is 16.5. The van der Waals surface area contributed by atoms with Crippen molar-refractivity contribution in [1.82, 2.24) is 4.98 Å². The Morgan fingerprint density at radius 1 is 1.25 bits per heavy atom. The Labute approximate surface area is 144 Å². The number of ketones is 1. The van der Waals surface area contributed by atoms with Crippen molar-refractivity contribution >= 4 is 33.2 Å². The summed E-state index contributed by atoms with van der Waals surface area (Å²) in [6.07, 6.45) is 0.583. The van der Waals surface area contributed by atoms with Crippen LogP contribution in [0.1, 0.15) is 51.5 Å². The van der Waals surface area contributed by atoms with E-state index in [1.807, 2.05) is 12.1 Å². The molecule has 0 radical (unpaired) electrons. The van der Waals surface area contributed by atoms with Crippen LogP contribution >= 0.6 is 11.3 Å². The summed E-state index contributed by atoms with van der Waals surface area (Å²) >= 11 is 1.68. The number of thiophene rings is 1. The number of carbonyl (C=O) groups is 2. The Bertz CT molecular complexity index is 920. The van der Waals surface area contributed by atoms with E-state index in [1.165, 1.54) is 17.0 Å². The van der Waals surface area contributed by atoms with Crippen LogP contribution in [0.2, 0.25) is 0 Å². The summed E-state index contributed by atoms with van der Waals surface area (Å²) in [6, 6.07) is 8.19. The largest absolute Gasteiger partial charge is 0.461 e. The summed E-state index contributed by atoms with van der Waals surface area (Å²) in [7, 11) is 0. The summed E-state index contributed by atoms with van der Waals surface area (Å²) < 4.78 is 6.30. The molecule has 2 heterocycles. The van der Waals surface area contributed by atoms with Crippen molar-refractivity contribution in [1.29, 1.82) is 0 Å². The SMILES string of the molecule is CCOC(=O)c1[nH]c(Cc2csc3ccccc23)c(C(C)=O)c1C. The number of ether oxygens (including phenoxy) is 1. The highest BCUT2D eigenvalue weighted by Crippen LogP contribution is 2.29. The standard InChI is InChI=1S/C19H19NO3S/c1-4-23-19(22)18-11(2)17(12(3)21)15(20-18)9-13-10-24-16-8-6-5-7-14(13)16/h5-8,10,20H,4,9H2,1-3H3. The van der Waals surface area contributed by atoms with E-state index in [2.05, 4.69) is 22.5 Å². The highest BCUT2D eigenvalue weighted by atomic mass is 32.1. The number of carbonyl (C=O) groups excluding carboxylic acids is 2. The quantitative estimate of drug-likeness (QED) is 0.549. The molecule has 2 aromatic heterocycles. The van der Waals surface area contributed by atoms with Crippen LogP contribution < -0.4 is 0 Å². The predicted molar refractivity (Wildman–Crippen MR) is 96.1 cm³/mol. The second-order valence-electron chi connectivity index (χ2n) is 5.69. The second-order valence-corrected chi connectivity index (χ2v) is 6.60. The maximum Gasteiger partial charge on any atom is 0.355 e. The van der Waals surface area contributed by atoms with Crippen molar-refractivity contribution in [3.05, 3.63) is 57.7 Å². The van der Waals surface area contributed by atoms with Gasteiger partial charge in [-0.1, -0.05) is 18.2 Å². The van der Waals surface area contributed by atoms with Crippen LogP contribution in [0.3, 0.4) is 0 Å². The van der Waals surface area contributed by atoms with Gasteiger partial charge < -0.3 is 9.72 Å². The zero-order chi connectivity index (χ0) is 17.3. The van der Waals surface area contributed by atoms with E-state index >= 15 is 0 Å². The molecule has 3 aromatic rings. The van der Waals surface area contributed by atoms with Crippen molar-refractivity contribution in [3.8, 4) is 0 Å². The number of Topliss-reactive ketones (excluding diaryl/α,β-unsaturated/α-hetero) is 1. The highest BCUT2D eigenvalue weighted by molar-refractivity contribution is 7.17. The Kier molecular flexibility index (Phi) is 4.53. The zero-order valence-corrected chi connectivity index (χ0v) is 14.8. The zero-order valence-electron chi connectivity index (χ0n) is 13.9. The molecule has 0 unspecified atom stereocenters. The molecule has 124 valence electrons. The van der Waals surface area contributed by atoms with Gasteiger partial charge in [-0.2, -0.15) is 0 Å². The van der Waals surface area contributed by atoms with E-state index in [0.717, 1.165) is 11.3 Å². The van der Waals surface area contributed by atoms with Gasteiger partial charge in [-0.3, -0.25) is 4.79 Å². The van der Waals surface area contributed by atoms with E-state index in [9.17, 15) is 9.59 Å². The Hall–Kier alpha value is -2.40. The fourth-order valence-corrected chi connectivity index (χ4v) is 4.00. The minimum Gasteiger partial charge on any atom is -0.461 e. The third kappa shape index (κ3) is 2.87. The lowest BCUT2D eigenvalue weighted by Crippen LogP contribution is -2.07. The minimum atomic E-state index is -0.418. The van der Waals surface area contributed by atoms with Crippen molar-refractivity contribution in [2.24, 2.45) is 0 Å². The minimum absolute atomic E-state index is 0.0474. The molecule has 0 saturated carbocycles. The van der Waals surface area contributed by atoms with Gasteiger partial charge in [-0.25, -0.2) is 4.79 Å². The lowest BCUT2D eigenvalue weighted by atomic mass is 10.0. The summed E-state index contributed by atoms with van der Waals surface area (Å²) in [5.41, 5.74) is 3.54. The van der Waals surface area contributed by atoms with Crippen LogP contribution in [0.5, 0.6) is 0 Å². The Balaban J connectivity index is 2.05. The third-order valence-corrected chi connectivity index (χ3v) is 5.10. The molecule has 3 rings (SSSR count). The fourth-order valence-electron chi connectivity index (χ4n) is 3.04. The Morgan fingerprint density at radius 3 is 2.71 bits per heavy atom. The number of nitrogens with one attached hydrogen (secondary N) is 1. The van der Waals surface area contributed by atoms with Crippen molar-refractivity contribution in [2.45, 2.75) is 27.2 Å². The molecule has 24 heavy (non-hydrogen) atoms. The normalized spacial score (nSPS) is 11.0. The van der Waals surface area contributed by atoms with Crippen molar-refractivity contribution in [3.63, 3.8) is 0 Å². The van der Waals surface area contributed by atoms with Crippen LogP contribution in [0, 0.1) is 6.92 Å². The molecule has 1 aromatic carbocycles. The molecular formula is C19H19NO3S. The lowest BCUT2D eigenvalue weighted by Gasteiger charge is -2.02. The molecule has 4 nitrogen and oxygen atoms in total. The molecule has 5 heteroatoms. The number of aromatic amines is 1. The van der Waals surface area contributed by atoms with Gasteiger partial charge in [0, 0.05) is 22.4 Å². The molecule has 0 amide bonds. The van der Waals surface area contributed by atoms with Gasteiger partial charge in [-0.15, -0.1) is 11.3 Å². The maximum atomic E-state index is 12.1. The van der Waals surface area contributed by atoms with Crippen LogP contribution in [0.15, 0.2) is 29.6 Å². The lowest BCUT2D eigenvalue weighted by molar-refractivity contribution is 0.0519. The first-order valence-electron chi connectivity index (χ1n) is 7.87. The first-order chi connectivity index (χ1) is 11.5. The monoisotopic (exact) mass is 341 g/mol. The first-order valence-corrected chi connectivity index (χ1v) is 8.75. The average Bonchev–Trinajstić information content (AvgIpc) is 3.10. The van der Waals surface area contributed by atoms with E-state index < -0.39 is 5.97 Å². The van der Waals surface area contributed by atoms with Gasteiger partial charge in [-0.05, 0) is 48.7 Å². The molecule has 0 bridgehead atoms. The summed E-state index contributed by atoms with van der Waals surface area (Å²) in [5.74, 6) is -0.465. The van der Waals surface area contributed by atoms with Gasteiger partial charge in [0.25, 0.3) is 0 Å². The molecule has 0 fully saturated rings. The van der Waals surface area contributed by atoms with Gasteiger partial charge in [0.05, 0.1) is 6.61 Å². The number of hydrogen-bond acceptors (Lipinski definition) is 4. The van der Waals surface area contributed by atoms with E-state index in [4.69, 9.17) is 4.74 Å². The molecule has 0 aliphatic heterocycles. The summed E-state index contributed by atoms with van der Waals surface area (Å²) in [5, 5.41) is 3.29. The predicted octanol–water partition coefficient (Wildman–Crippen LogP) is 4.51. The van der Waals surface area contributed by atoms with Gasteiger partial charge >= 0.3 is 5.97 Å². The molecule has 1 N–H and O–H groups in total. The van der Waals surface area contributed by atoms with Crippen molar-refractivity contribution < 1.29 is 14.3 Å². The molecule has 0 saturated heterocycles. The third-order valence-electron chi connectivity index (χ3n) is 4.09. The number of H-pyrrole nitrogens is 1. The van der Waals surface area contributed by atoms with E-state index in [1.54, 1.807) is 25.2 Å². The van der Waals surface area contributed by atoms with Crippen LogP contribution in [-0.2, 0) is 11.2 Å². The number of benzene rings is 1. The molecule has 0 aliphatic carbocycles. The number of aromatic nitrogens is 1. The summed E-state index contributed by atoms with van der Waals surface area (Å²) in [4.78, 5) is 27.3. The molecular weight excluding hydrogens is 322 g/mol. The van der Waals surface area contributed by atoms with Crippen LogP contribution in [0.25, 0.3) is 10.1 Å². The number of esters is 1. The number of fused-ring (bicyclic) bond motifs is 1. The van der Waals surface area contributed by atoms with Crippen LogP contribution in [0.4, 0.5) is 0 Å². The highest BCUT2D eigenvalue weighted by Gasteiger charge is 2.23. The fraction of sp³-hybridized carbons (Fsp3) is 0.263. The molecule has 0 spiro atoms. The van der Waals surface area contributed by atoms with Gasteiger partial charge in [0.2, 0.25) is 0 Å². The summed E-state index contributed by atoms with van der Waals surface area (Å²) in [6.45, 7) is 5.38. The van der Waals surface area contributed by atoms with Gasteiger partial charge in [0.1, 0.15) is 5.69 Å². The number of hydrogen-bond donors (Lipinski definition) is 1. The molecule has 0 atom stereocenters. The second kappa shape index (κ2) is 6.61. The van der Waals surface area contributed by atoms with E-state index in [-0.39, 0.29) is 5.78 Å².